The summed E-state index contributed by atoms with van der Waals surface area (Å²) in [5.41, 5.74) is 10.8. The molecule has 4 rings (SSSR count). The van der Waals surface area contributed by atoms with Gasteiger partial charge < -0.3 is 15.1 Å². The molecule has 0 aliphatic heterocycles. The van der Waals surface area contributed by atoms with Gasteiger partial charge in [-0.05, 0) is 36.8 Å². The molecule has 1 atom stereocenters. The maximum absolute atomic E-state index is 6.22. The van der Waals surface area contributed by atoms with Crippen LogP contribution in [0.1, 0.15) is 47.3 Å². The van der Waals surface area contributed by atoms with E-state index in [0.717, 1.165) is 24.1 Å². The Labute approximate surface area is 158 Å². The maximum Gasteiger partial charge on any atom is 0.318 e. The van der Waals surface area contributed by atoms with Crippen LogP contribution < -0.4 is 10.6 Å². The number of benzene rings is 1. The van der Waals surface area contributed by atoms with E-state index < -0.39 is 6.04 Å². The Balaban J connectivity index is 0.00000196. The van der Waals surface area contributed by atoms with Gasteiger partial charge in [0.1, 0.15) is 6.04 Å². The molecule has 8 heteroatoms. The van der Waals surface area contributed by atoms with Crippen molar-refractivity contribution in [2.45, 2.75) is 38.3 Å². The first kappa shape index (κ1) is 18.4. The molecule has 2 aromatic heterocycles. The molecule has 1 aliphatic carbocycles. The molecule has 0 fully saturated rings. The van der Waals surface area contributed by atoms with Gasteiger partial charge in [0.2, 0.25) is 5.89 Å². The normalized spacial score (nSPS) is 14.4. The topological polar surface area (TPSA) is 96.9 Å². The zero-order valence-corrected chi connectivity index (χ0v) is 15.5. The van der Waals surface area contributed by atoms with Crippen LogP contribution >= 0.6 is 12.4 Å². The van der Waals surface area contributed by atoms with E-state index in [9.17, 15) is 0 Å². The number of nitrogens with one attached hydrogen (secondary N) is 1. The third kappa shape index (κ3) is 3.59. The highest BCUT2D eigenvalue weighted by Gasteiger charge is 2.21. The lowest BCUT2D eigenvalue weighted by Crippen LogP contribution is -2.18. The van der Waals surface area contributed by atoms with Gasteiger partial charge in [-0.25, -0.2) is 0 Å². The second kappa shape index (κ2) is 7.88. The van der Waals surface area contributed by atoms with E-state index in [1.807, 2.05) is 42.3 Å². The Morgan fingerprint density at radius 1 is 1.19 bits per heavy atom. The number of aromatic nitrogens is 4. The van der Waals surface area contributed by atoms with Crippen molar-refractivity contribution in [1.29, 1.82) is 0 Å². The van der Waals surface area contributed by atoms with Gasteiger partial charge in [-0.15, -0.1) is 17.5 Å². The van der Waals surface area contributed by atoms with Crippen LogP contribution in [0.15, 0.2) is 34.7 Å². The van der Waals surface area contributed by atoms with Gasteiger partial charge in [-0.2, -0.15) is 5.10 Å². The summed E-state index contributed by atoms with van der Waals surface area (Å²) in [5.74, 6) is 0.414. The Kier molecular flexibility index (Phi) is 5.58. The van der Waals surface area contributed by atoms with E-state index in [1.54, 1.807) is 0 Å². The number of nitrogens with two attached hydrogens (primary N) is 1. The monoisotopic (exact) mass is 374 g/mol. The Hall–Kier alpha value is -2.38. The lowest BCUT2D eigenvalue weighted by molar-refractivity contribution is 0.469. The molecular weight excluding hydrogens is 352 g/mol. The number of hydrogen-bond donors (Lipinski definition) is 2. The van der Waals surface area contributed by atoms with Crippen LogP contribution in [0.5, 0.6) is 0 Å². The second-order valence-electron chi connectivity index (χ2n) is 6.50. The largest absolute Gasteiger partial charge is 0.406 e. The van der Waals surface area contributed by atoms with Gasteiger partial charge in [0.15, 0.2) is 0 Å². The molecule has 0 unspecified atom stereocenters. The number of fused-ring (bicyclic) bond motifs is 1. The number of halogens is 1. The lowest BCUT2D eigenvalue weighted by Gasteiger charge is -2.15. The average molecular weight is 375 g/mol. The molecule has 3 aromatic rings. The SMILES string of the molecule is CN(Cc1n[nH]c2c1CCCC2)c1nnc([C@H](N)c2ccccc2)o1.Cl. The van der Waals surface area contributed by atoms with E-state index in [1.165, 1.54) is 24.1 Å². The molecule has 0 bridgehead atoms. The van der Waals surface area contributed by atoms with Crippen molar-refractivity contribution >= 4 is 18.4 Å². The molecule has 1 aromatic carbocycles. The Bertz CT molecular complexity index is 847. The number of nitrogens with zero attached hydrogens (tertiary/aromatic N) is 4. The smallest absolute Gasteiger partial charge is 0.318 e. The zero-order chi connectivity index (χ0) is 17.2. The summed E-state index contributed by atoms with van der Waals surface area (Å²) >= 11 is 0. The number of rotatable bonds is 5. The minimum atomic E-state index is -0.422. The second-order valence-corrected chi connectivity index (χ2v) is 6.50. The molecule has 7 nitrogen and oxygen atoms in total. The molecular formula is C18H23ClN6O. The van der Waals surface area contributed by atoms with Crippen molar-refractivity contribution in [3.05, 3.63) is 58.7 Å². The molecule has 1 aliphatic rings. The fourth-order valence-electron chi connectivity index (χ4n) is 3.28. The predicted octanol–water partition coefficient (Wildman–Crippen LogP) is 2.78. The number of H-pyrrole nitrogens is 1. The summed E-state index contributed by atoms with van der Waals surface area (Å²) in [7, 11) is 1.93. The van der Waals surface area contributed by atoms with Crippen molar-refractivity contribution in [3.8, 4) is 0 Å². The zero-order valence-electron chi connectivity index (χ0n) is 14.7. The van der Waals surface area contributed by atoms with Gasteiger partial charge in [-0.3, -0.25) is 5.10 Å². The Morgan fingerprint density at radius 3 is 2.77 bits per heavy atom. The van der Waals surface area contributed by atoms with Gasteiger partial charge in [0.25, 0.3) is 0 Å². The molecule has 0 saturated heterocycles. The first-order chi connectivity index (χ1) is 12.2. The van der Waals surface area contributed by atoms with E-state index >= 15 is 0 Å². The third-order valence-corrected chi connectivity index (χ3v) is 4.71. The quantitative estimate of drug-likeness (QED) is 0.712. The number of hydrogen-bond acceptors (Lipinski definition) is 6. The summed E-state index contributed by atoms with van der Waals surface area (Å²) < 4.78 is 5.80. The van der Waals surface area contributed by atoms with Crippen LogP contribution in [0.3, 0.4) is 0 Å². The predicted molar refractivity (Wildman–Crippen MR) is 101 cm³/mol. The van der Waals surface area contributed by atoms with Crippen molar-refractivity contribution in [2.24, 2.45) is 5.73 Å². The van der Waals surface area contributed by atoms with Crippen LogP contribution in [-0.4, -0.2) is 27.4 Å². The first-order valence-electron chi connectivity index (χ1n) is 8.62. The number of aryl methyl sites for hydroxylation is 1. The molecule has 0 radical (unpaired) electrons. The van der Waals surface area contributed by atoms with Gasteiger partial charge in [0.05, 0.1) is 12.2 Å². The van der Waals surface area contributed by atoms with E-state index in [0.29, 0.717) is 18.5 Å². The van der Waals surface area contributed by atoms with Crippen LogP contribution in [0, 0.1) is 0 Å². The molecule has 0 amide bonds. The van der Waals surface area contributed by atoms with Crippen LogP contribution in [0.2, 0.25) is 0 Å². The highest BCUT2D eigenvalue weighted by Crippen LogP contribution is 2.25. The fraction of sp³-hybridized carbons (Fsp3) is 0.389. The fourth-order valence-corrected chi connectivity index (χ4v) is 3.28. The first-order valence-corrected chi connectivity index (χ1v) is 8.62. The molecule has 3 N–H and O–H groups in total. The highest BCUT2D eigenvalue weighted by molar-refractivity contribution is 5.85. The van der Waals surface area contributed by atoms with E-state index in [-0.39, 0.29) is 12.4 Å². The molecule has 2 heterocycles. The summed E-state index contributed by atoms with van der Waals surface area (Å²) in [4.78, 5) is 1.92. The van der Waals surface area contributed by atoms with Crippen LogP contribution in [0.4, 0.5) is 6.01 Å². The minimum Gasteiger partial charge on any atom is -0.406 e. The van der Waals surface area contributed by atoms with Crippen molar-refractivity contribution in [1.82, 2.24) is 20.4 Å². The van der Waals surface area contributed by atoms with Gasteiger partial charge >= 0.3 is 6.01 Å². The van der Waals surface area contributed by atoms with Gasteiger partial charge in [-0.1, -0.05) is 35.4 Å². The summed E-state index contributed by atoms with van der Waals surface area (Å²) in [6, 6.07) is 9.78. The van der Waals surface area contributed by atoms with Crippen molar-refractivity contribution in [3.63, 3.8) is 0 Å². The van der Waals surface area contributed by atoms with Crippen molar-refractivity contribution < 1.29 is 4.42 Å². The maximum atomic E-state index is 6.22. The number of anilines is 1. The molecule has 138 valence electrons. The minimum absolute atomic E-state index is 0. The summed E-state index contributed by atoms with van der Waals surface area (Å²) in [5, 5.41) is 15.9. The molecule has 26 heavy (non-hydrogen) atoms. The molecule has 0 saturated carbocycles. The summed E-state index contributed by atoms with van der Waals surface area (Å²) in [6.45, 7) is 0.633. The van der Waals surface area contributed by atoms with Crippen LogP contribution in [-0.2, 0) is 19.4 Å². The Morgan fingerprint density at radius 2 is 1.96 bits per heavy atom. The third-order valence-electron chi connectivity index (χ3n) is 4.71. The van der Waals surface area contributed by atoms with E-state index in [2.05, 4.69) is 20.4 Å². The van der Waals surface area contributed by atoms with Crippen LogP contribution in [0.25, 0.3) is 0 Å². The highest BCUT2D eigenvalue weighted by atomic mass is 35.5. The average Bonchev–Trinajstić information content (AvgIpc) is 3.30. The standard InChI is InChI=1S/C18H22N6O.ClH/c1-24(11-15-13-9-5-6-10-14(13)20-21-15)18-23-22-17(25-18)16(19)12-7-3-2-4-8-12;/h2-4,7-8,16H,5-6,9-11,19H2,1H3,(H,20,21);1H/t16-;/m1./s1. The molecule has 0 spiro atoms. The summed E-state index contributed by atoms with van der Waals surface area (Å²) in [6.07, 6.45) is 4.63. The lowest BCUT2D eigenvalue weighted by atomic mass is 9.96. The number of aromatic amines is 1. The van der Waals surface area contributed by atoms with Gasteiger partial charge in [0, 0.05) is 12.7 Å². The van der Waals surface area contributed by atoms with E-state index in [4.69, 9.17) is 10.2 Å². The van der Waals surface area contributed by atoms with Crippen molar-refractivity contribution in [2.75, 3.05) is 11.9 Å².